The third-order valence-electron chi connectivity index (χ3n) is 6.42. The highest BCUT2D eigenvalue weighted by atomic mass is 16.3. The van der Waals surface area contributed by atoms with Gasteiger partial charge in [-0.2, -0.15) is 0 Å². The number of aliphatic hydroxyl groups is 1. The van der Waals surface area contributed by atoms with Crippen LogP contribution >= 0.6 is 0 Å². The summed E-state index contributed by atoms with van der Waals surface area (Å²) >= 11 is 0. The lowest BCUT2D eigenvalue weighted by molar-refractivity contribution is -0.0476. The highest BCUT2D eigenvalue weighted by Gasteiger charge is 2.39. The first-order chi connectivity index (χ1) is 13.6. The number of nitrogens with zero attached hydrogens (tertiary/aromatic N) is 1. The highest BCUT2D eigenvalue weighted by Crippen LogP contribution is 2.41. The van der Waals surface area contributed by atoms with E-state index in [1.54, 1.807) is 0 Å². The summed E-state index contributed by atoms with van der Waals surface area (Å²) in [5.74, 6) is 0.293. The third kappa shape index (κ3) is 3.79. The molecular formula is C26H31NO. The molecule has 0 heterocycles. The minimum atomic E-state index is -0.616. The predicted molar refractivity (Wildman–Crippen MR) is 119 cm³/mol. The zero-order valence-electron chi connectivity index (χ0n) is 17.1. The van der Waals surface area contributed by atoms with E-state index in [1.807, 2.05) is 6.07 Å². The van der Waals surface area contributed by atoms with E-state index in [-0.39, 0.29) is 0 Å². The number of anilines is 1. The summed E-state index contributed by atoms with van der Waals surface area (Å²) in [6.45, 7) is 0. The van der Waals surface area contributed by atoms with Crippen LogP contribution in [0.5, 0.6) is 0 Å². The van der Waals surface area contributed by atoms with Crippen LogP contribution in [0, 0.1) is 5.92 Å². The molecule has 0 amide bonds. The first kappa shape index (κ1) is 19.0. The Morgan fingerprint density at radius 1 is 0.929 bits per heavy atom. The van der Waals surface area contributed by atoms with Gasteiger partial charge in [0.05, 0.1) is 5.60 Å². The summed E-state index contributed by atoms with van der Waals surface area (Å²) in [7, 11) is 4.25. The van der Waals surface area contributed by atoms with E-state index in [4.69, 9.17) is 0 Å². The Bertz CT molecular complexity index is 934. The van der Waals surface area contributed by atoms with Crippen molar-refractivity contribution in [1.29, 1.82) is 0 Å². The molecule has 0 bridgehead atoms. The lowest BCUT2D eigenvalue weighted by atomic mass is 9.69. The number of fused-ring (bicyclic) bond motifs is 1. The molecule has 3 aromatic carbocycles. The molecule has 4 rings (SSSR count). The van der Waals surface area contributed by atoms with E-state index in [0.29, 0.717) is 5.92 Å². The van der Waals surface area contributed by atoms with Crippen molar-refractivity contribution in [2.24, 2.45) is 5.92 Å². The van der Waals surface area contributed by atoms with Gasteiger partial charge in [0.2, 0.25) is 0 Å². The van der Waals surface area contributed by atoms with Crippen molar-refractivity contribution in [1.82, 2.24) is 0 Å². The van der Waals surface area contributed by atoms with Crippen LogP contribution in [0.1, 0.15) is 36.8 Å². The number of hydrogen-bond acceptors (Lipinski definition) is 2. The Morgan fingerprint density at radius 2 is 1.68 bits per heavy atom. The van der Waals surface area contributed by atoms with E-state index < -0.39 is 5.60 Å². The zero-order chi connectivity index (χ0) is 19.6. The van der Waals surface area contributed by atoms with Crippen LogP contribution < -0.4 is 4.90 Å². The molecule has 2 nitrogen and oxygen atoms in total. The molecular weight excluding hydrogens is 342 g/mol. The van der Waals surface area contributed by atoms with Crippen molar-refractivity contribution < 1.29 is 5.11 Å². The van der Waals surface area contributed by atoms with E-state index in [1.165, 1.54) is 34.0 Å². The van der Waals surface area contributed by atoms with Crippen LogP contribution in [0.4, 0.5) is 5.69 Å². The van der Waals surface area contributed by atoms with Crippen LogP contribution in [0.2, 0.25) is 0 Å². The maximum Gasteiger partial charge on any atom is 0.0719 e. The Morgan fingerprint density at radius 3 is 2.46 bits per heavy atom. The van der Waals surface area contributed by atoms with Crippen LogP contribution in [0.15, 0.2) is 66.7 Å². The second kappa shape index (κ2) is 7.97. The zero-order valence-corrected chi connectivity index (χ0v) is 17.1. The molecule has 3 aromatic rings. The van der Waals surface area contributed by atoms with Crippen molar-refractivity contribution in [2.45, 2.75) is 44.1 Å². The third-order valence-corrected chi connectivity index (χ3v) is 6.42. The van der Waals surface area contributed by atoms with Gasteiger partial charge < -0.3 is 10.0 Å². The lowest BCUT2D eigenvalue weighted by Gasteiger charge is -2.41. The van der Waals surface area contributed by atoms with Crippen molar-refractivity contribution in [3.8, 4) is 0 Å². The molecule has 146 valence electrons. The molecule has 1 saturated carbocycles. The molecule has 0 saturated heterocycles. The molecule has 2 heteroatoms. The van der Waals surface area contributed by atoms with Crippen LogP contribution in [-0.4, -0.2) is 24.8 Å². The summed E-state index contributed by atoms with van der Waals surface area (Å²) in [5, 5.41) is 14.2. The SMILES string of the molecule is CN(C)c1c(CC2CCCCC2(O)Cc2ccccc2)ccc2ccccc12. The van der Waals surface area contributed by atoms with E-state index >= 15 is 0 Å². The summed E-state index contributed by atoms with van der Waals surface area (Å²) in [6.07, 6.45) is 6.02. The maximum absolute atomic E-state index is 11.7. The average Bonchev–Trinajstić information content (AvgIpc) is 2.70. The Hall–Kier alpha value is -2.32. The number of benzene rings is 3. The molecule has 1 N–H and O–H groups in total. The molecule has 2 atom stereocenters. The largest absolute Gasteiger partial charge is 0.389 e. The van der Waals surface area contributed by atoms with Gasteiger partial charge >= 0.3 is 0 Å². The summed E-state index contributed by atoms with van der Waals surface area (Å²) < 4.78 is 0. The molecule has 1 aliphatic carbocycles. The fourth-order valence-electron chi connectivity index (χ4n) is 5.03. The van der Waals surface area contributed by atoms with E-state index in [9.17, 15) is 5.11 Å². The first-order valence-electron chi connectivity index (χ1n) is 10.5. The quantitative estimate of drug-likeness (QED) is 0.628. The van der Waals surface area contributed by atoms with E-state index in [0.717, 1.165) is 32.1 Å². The van der Waals surface area contributed by atoms with E-state index in [2.05, 4.69) is 79.7 Å². The van der Waals surface area contributed by atoms with Gasteiger partial charge in [-0.05, 0) is 41.7 Å². The second-order valence-corrected chi connectivity index (χ2v) is 8.60. The number of hydrogen-bond donors (Lipinski definition) is 1. The molecule has 1 fully saturated rings. The standard InChI is InChI=1S/C26H31NO/c1-27(2)25-22(16-15-21-12-6-7-14-24(21)25)18-23-13-8-9-17-26(23,28)19-20-10-4-3-5-11-20/h3-7,10-12,14-16,23,28H,8-9,13,17-19H2,1-2H3. The maximum atomic E-state index is 11.7. The second-order valence-electron chi connectivity index (χ2n) is 8.60. The van der Waals surface area contributed by atoms with Gasteiger partial charge in [0.25, 0.3) is 0 Å². The summed E-state index contributed by atoms with van der Waals surface area (Å²) in [5.41, 5.74) is 3.27. The molecule has 0 aromatic heterocycles. The van der Waals surface area contributed by atoms with Gasteiger partial charge in [0.15, 0.2) is 0 Å². The first-order valence-corrected chi connectivity index (χ1v) is 10.5. The van der Waals surface area contributed by atoms with Gasteiger partial charge in [-0.3, -0.25) is 0 Å². The smallest absolute Gasteiger partial charge is 0.0719 e. The van der Waals surface area contributed by atoms with Gasteiger partial charge in [-0.15, -0.1) is 0 Å². The average molecular weight is 374 g/mol. The van der Waals surface area contributed by atoms with Gasteiger partial charge in [0, 0.05) is 31.6 Å². The topological polar surface area (TPSA) is 23.5 Å². The van der Waals surface area contributed by atoms with Gasteiger partial charge in [-0.25, -0.2) is 0 Å². The summed E-state index contributed by atoms with van der Waals surface area (Å²) in [6, 6.07) is 23.6. The van der Waals surface area contributed by atoms with Crippen LogP contribution in [0.3, 0.4) is 0 Å². The van der Waals surface area contributed by atoms with Crippen LogP contribution in [-0.2, 0) is 12.8 Å². The fourth-order valence-corrected chi connectivity index (χ4v) is 5.03. The van der Waals surface area contributed by atoms with Crippen LogP contribution in [0.25, 0.3) is 10.8 Å². The van der Waals surface area contributed by atoms with Gasteiger partial charge in [-0.1, -0.05) is 79.6 Å². The minimum absolute atomic E-state index is 0.293. The summed E-state index contributed by atoms with van der Waals surface area (Å²) in [4.78, 5) is 2.23. The fraction of sp³-hybridized carbons (Fsp3) is 0.385. The molecule has 2 unspecified atom stereocenters. The normalized spacial score (nSPS) is 22.3. The molecule has 28 heavy (non-hydrogen) atoms. The Labute approximate surface area is 168 Å². The van der Waals surface area contributed by atoms with Crippen molar-refractivity contribution in [2.75, 3.05) is 19.0 Å². The Kier molecular flexibility index (Phi) is 5.41. The monoisotopic (exact) mass is 373 g/mol. The lowest BCUT2D eigenvalue weighted by Crippen LogP contribution is -2.43. The molecule has 1 aliphatic rings. The molecule has 0 radical (unpaired) electrons. The van der Waals surface area contributed by atoms with Crippen molar-refractivity contribution >= 4 is 16.5 Å². The molecule has 0 aliphatic heterocycles. The van der Waals surface area contributed by atoms with Crippen molar-refractivity contribution in [3.05, 3.63) is 77.9 Å². The van der Waals surface area contributed by atoms with Crippen molar-refractivity contribution in [3.63, 3.8) is 0 Å². The minimum Gasteiger partial charge on any atom is -0.389 e. The Balaban J connectivity index is 1.67. The molecule has 0 spiro atoms. The highest BCUT2D eigenvalue weighted by molar-refractivity contribution is 5.95. The van der Waals surface area contributed by atoms with Gasteiger partial charge in [0.1, 0.15) is 0 Å². The number of rotatable bonds is 5. The predicted octanol–water partition coefficient (Wildman–Crippen LogP) is 5.61.